The van der Waals surface area contributed by atoms with E-state index in [1.54, 1.807) is 6.07 Å². The van der Waals surface area contributed by atoms with Crippen molar-refractivity contribution in [2.75, 3.05) is 0 Å². The van der Waals surface area contributed by atoms with Crippen molar-refractivity contribution >= 4 is 11.0 Å². The fourth-order valence-electron chi connectivity index (χ4n) is 8.25. The minimum absolute atomic E-state index is 0.147. The molecule has 0 amide bonds. The molecule has 4 heteroatoms. The molecule has 0 bridgehead atoms. The quantitative estimate of drug-likeness (QED) is 0.175. The zero-order valence-electron chi connectivity index (χ0n) is 38.5. The molecule has 0 radical (unpaired) electrons. The number of rotatable bonds is 7. The number of aromatic hydroxyl groups is 1. The van der Waals surface area contributed by atoms with Gasteiger partial charge in [-0.3, -0.25) is 9.55 Å². The Hall–Kier alpha value is -7.04. The summed E-state index contributed by atoms with van der Waals surface area (Å²) in [7, 11) is 0. The zero-order chi connectivity index (χ0) is 45.0. The number of hydrogen-bond donors (Lipinski definition) is 1. The van der Waals surface area contributed by atoms with Crippen LogP contribution in [0, 0.1) is 6.85 Å². The van der Waals surface area contributed by atoms with E-state index >= 15 is 0 Å². The number of phenolic OH excluding ortho intramolecular Hbond substituents is 1. The Labute approximate surface area is 364 Å². The Morgan fingerprint density at radius 1 is 0.508 bits per heavy atom. The van der Waals surface area contributed by atoms with Crippen LogP contribution in [0.3, 0.4) is 0 Å². The first-order valence-corrected chi connectivity index (χ1v) is 20.9. The summed E-state index contributed by atoms with van der Waals surface area (Å²) in [5, 5.41) is 12.4. The molecule has 0 saturated carbocycles. The van der Waals surface area contributed by atoms with Gasteiger partial charge in [0.05, 0.1) is 22.3 Å². The fourth-order valence-corrected chi connectivity index (χ4v) is 8.25. The van der Waals surface area contributed by atoms with Crippen LogP contribution in [-0.4, -0.2) is 19.6 Å². The second kappa shape index (κ2) is 15.5. The molecule has 9 aromatic rings. The first-order chi connectivity index (χ1) is 30.5. The van der Waals surface area contributed by atoms with Gasteiger partial charge in [0.25, 0.3) is 0 Å². The third-order valence-electron chi connectivity index (χ3n) is 11.6. The first-order valence-electron chi connectivity index (χ1n) is 22.4. The standard InChI is InChI=1S/C57H51N3O/c1-37-30-46(26-27-47(37)40-22-15-10-16-23-40)60-52-25-17-24-48(53(52)59-55(60)49-35-45(56(2,3)4)36-50(54(49)61)57(5,6)7)43-31-42(39-20-13-9-14-21-39)32-44(33-43)51-34-41(28-29-58-51)38-18-11-8-12-19-38/h8-36,61H,1-7H3/i1D3. The topological polar surface area (TPSA) is 50.9 Å². The average molecular weight is 797 g/mol. The van der Waals surface area contributed by atoms with Crippen molar-refractivity contribution in [3.63, 3.8) is 0 Å². The van der Waals surface area contributed by atoms with Crippen LogP contribution in [0.5, 0.6) is 5.75 Å². The number of nitrogens with zero attached hydrogens (tertiary/aromatic N) is 3. The number of pyridine rings is 1. The third kappa shape index (κ3) is 7.66. The van der Waals surface area contributed by atoms with E-state index in [-0.39, 0.29) is 16.7 Å². The number of fused-ring (bicyclic) bond motifs is 1. The van der Waals surface area contributed by atoms with Gasteiger partial charge >= 0.3 is 0 Å². The molecule has 4 nitrogen and oxygen atoms in total. The molecule has 9 rings (SSSR count). The van der Waals surface area contributed by atoms with Gasteiger partial charge in [0.2, 0.25) is 0 Å². The fraction of sp³-hybridized carbons (Fsp3) is 0.158. The van der Waals surface area contributed by atoms with Gasteiger partial charge in [-0.1, -0.05) is 157 Å². The van der Waals surface area contributed by atoms with Gasteiger partial charge in [0.1, 0.15) is 11.6 Å². The summed E-state index contributed by atoms with van der Waals surface area (Å²) in [6, 6.07) is 56.9. The van der Waals surface area contributed by atoms with E-state index < -0.39 is 12.3 Å². The minimum Gasteiger partial charge on any atom is -0.507 e. The Bertz CT molecular complexity index is 3160. The molecular weight excluding hydrogens is 743 g/mol. The van der Waals surface area contributed by atoms with Crippen molar-refractivity contribution in [2.45, 2.75) is 59.2 Å². The van der Waals surface area contributed by atoms with Crippen LogP contribution in [0.15, 0.2) is 176 Å². The van der Waals surface area contributed by atoms with Gasteiger partial charge < -0.3 is 5.11 Å². The number of benzene rings is 7. The highest BCUT2D eigenvalue weighted by atomic mass is 16.3. The van der Waals surface area contributed by atoms with Crippen molar-refractivity contribution in [1.29, 1.82) is 0 Å². The molecule has 0 aliphatic rings. The molecule has 2 aromatic heterocycles. The van der Waals surface area contributed by atoms with Crippen molar-refractivity contribution < 1.29 is 9.22 Å². The normalized spacial score (nSPS) is 12.9. The number of phenols is 1. The van der Waals surface area contributed by atoms with E-state index in [1.165, 1.54) is 0 Å². The lowest BCUT2D eigenvalue weighted by Gasteiger charge is -2.27. The molecule has 0 aliphatic carbocycles. The summed E-state index contributed by atoms with van der Waals surface area (Å²) < 4.78 is 28.3. The maximum absolute atomic E-state index is 12.4. The number of aryl methyl sites for hydroxylation is 1. The number of hydrogen-bond acceptors (Lipinski definition) is 3. The van der Waals surface area contributed by atoms with E-state index in [0.29, 0.717) is 28.2 Å². The smallest absolute Gasteiger partial charge is 0.149 e. The predicted molar refractivity (Wildman–Crippen MR) is 255 cm³/mol. The molecule has 1 N–H and O–H groups in total. The monoisotopic (exact) mass is 796 g/mol. The maximum Gasteiger partial charge on any atom is 0.149 e. The molecule has 0 aliphatic heterocycles. The third-order valence-corrected chi connectivity index (χ3v) is 11.6. The van der Waals surface area contributed by atoms with Crippen LogP contribution in [-0.2, 0) is 10.8 Å². The summed E-state index contributed by atoms with van der Waals surface area (Å²) in [6.07, 6.45) is 1.86. The first kappa shape index (κ1) is 35.9. The second-order valence-corrected chi connectivity index (χ2v) is 17.9. The number of para-hydroxylation sites is 1. The van der Waals surface area contributed by atoms with Crippen molar-refractivity contribution in [2.24, 2.45) is 0 Å². The van der Waals surface area contributed by atoms with E-state index in [9.17, 15) is 5.11 Å². The summed E-state index contributed by atoms with van der Waals surface area (Å²) in [5.74, 6) is 0.658. The average Bonchev–Trinajstić information content (AvgIpc) is 3.68. The Kier molecular flexibility index (Phi) is 9.13. The number of aromatic nitrogens is 3. The molecule has 0 atom stereocenters. The molecular formula is C57H51N3O. The Balaban J connectivity index is 1.34. The minimum atomic E-state index is -2.42. The maximum atomic E-state index is 12.4. The highest BCUT2D eigenvalue weighted by molar-refractivity contribution is 5.98. The van der Waals surface area contributed by atoms with Crippen LogP contribution in [0.25, 0.3) is 83.9 Å². The lowest BCUT2D eigenvalue weighted by molar-refractivity contribution is 0.446. The molecule has 2 heterocycles. The lowest BCUT2D eigenvalue weighted by atomic mass is 9.79. The van der Waals surface area contributed by atoms with Gasteiger partial charge in [-0.2, -0.15) is 0 Å². The lowest BCUT2D eigenvalue weighted by Crippen LogP contribution is -2.17. The van der Waals surface area contributed by atoms with E-state index in [2.05, 4.69) is 102 Å². The summed E-state index contributed by atoms with van der Waals surface area (Å²) in [5.41, 5.74) is 13.5. The highest BCUT2D eigenvalue weighted by Gasteiger charge is 2.29. The van der Waals surface area contributed by atoms with Gasteiger partial charge in [-0.25, -0.2) is 4.98 Å². The molecule has 300 valence electrons. The summed E-state index contributed by atoms with van der Waals surface area (Å²) in [4.78, 5) is 10.4. The van der Waals surface area contributed by atoms with Gasteiger partial charge in [-0.05, 0) is 122 Å². The van der Waals surface area contributed by atoms with Crippen molar-refractivity contribution in [1.82, 2.24) is 14.5 Å². The summed E-state index contributed by atoms with van der Waals surface area (Å²) in [6.45, 7) is 10.4. The SMILES string of the molecule is [2H]C([2H])([2H])c1cc(-n2c(-c3cc(C(C)(C)C)cc(C(C)(C)C)c3O)nc3c(-c4cc(-c5ccccc5)cc(-c5cc(-c6ccccc6)ccn5)c4)cccc32)ccc1-c1ccccc1. The molecule has 0 spiro atoms. The highest BCUT2D eigenvalue weighted by Crippen LogP contribution is 2.45. The zero-order valence-corrected chi connectivity index (χ0v) is 35.5. The molecule has 0 saturated heterocycles. The van der Waals surface area contributed by atoms with Crippen LogP contribution >= 0.6 is 0 Å². The molecule has 0 unspecified atom stereocenters. The molecule has 0 fully saturated rings. The van der Waals surface area contributed by atoms with Crippen molar-refractivity contribution in [3.8, 4) is 78.6 Å². The Morgan fingerprint density at radius 3 is 1.80 bits per heavy atom. The Morgan fingerprint density at radius 2 is 1.15 bits per heavy atom. The van der Waals surface area contributed by atoms with Crippen LogP contribution < -0.4 is 0 Å². The number of imidazole rings is 1. The largest absolute Gasteiger partial charge is 0.507 e. The second-order valence-electron chi connectivity index (χ2n) is 17.9. The van der Waals surface area contributed by atoms with Crippen LogP contribution in [0.4, 0.5) is 0 Å². The van der Waals surface area contributed by atoms with E-state index in [1.807, 2.05) is 114 Å². The summed E-state index contributed by atoms with van der Waals surface area (Å²) >= 11 is 0. The van der Waals surface area contributed by atoms with Crippen molar-refractivity contribution in [3.05, 3.63) is 193 Å². The van der Waals surface area contributed by atoms with Gasteiger partial charge in [0, 0.05) is 32.7 Å². The predicted octanol–water partition coefficient (Wildman–Crippen LogP) is 15.0. The van der Waals surface area contributed by atoms with Crippen LogP contribution in [0.1, 0.15) is 62.3 Å². The van der Waals surface area contributed by atoms with E-state index in [0.717, 1.165) is 66.8 Å². The van der Waals surface area contributed by atoms with Gasteiger partial charge in [0.15, 0.2) is 0 Å². The van der Waals surface area contributed by atoms with E-state index in [4.69, 9.17) is 14.1 Å². The molecule has 61 heavy (non-hydrogen) atoms. The molecule has 7 aromatic carbocycles. The van der Waals surface area contributed by atoms with Crippen LogP contribution in [0.2, 0.25) is 0 Å². The van der Waals surface area contributed by atoms with Gasteiger partial charge in [-0.15, -0.1) is 0 Å².